The summed E-state index contributed by atoms with van der Waals surface area (Å²) in [6.07, 6.45) is 0. The predicted molar refractivity (Wildman–Crippen MR) is 125 cm³/mol. The summed E-state index contributed by atoms with van der Waals surface area (Å²) in [6.45, 7) is 3.66. The summed E-state index contributed by atoms with van der Waals surface area (Å²) >= 11 is 11.9. The van der Waals surface area contributed by atoms with Crippen molar-refractivity contribution >= 4 is 40.7 Å². The third kappa shape index (κ3) is 6.10. The Morgan fingerprint density at radius 1 is 0.806 bits per heavy atom. The second kappa shape index (κ2) is 10.7. The van der Waals surface area contributed by atoms with Gasteiger partial charge in [0.1, 0.15) is 0 Å². The second-order valence-electron chi connectivity index (χ2n) is 6.75. The Bertz CT molecular complexity index is 1030. The Hall–Kier alpha value is -3.28. The highest BCUT2D eigenvalue weighted by molar-refractivity contribution is 6.42. The van der Waals surface area contributed by atoms with E-state index in [-0.39, 0.29) is 12.5 Å². The Kier molecular flexibility index (Phi) is 7.70. The molecule has 31 heavy (non-hydrogen) atoms. The third-order valence-electron chi connectivity index (χ3n) is 4.57. The first-order chi connectivity index (χ1) is 15.0. The quantitative estimate of drug-likeness (QED) is 0.438. The number of benzene rings is 3. The summed E-state index contributed by atoms with van der Waals surface area (Å²) in [5, 5.41) is 3.51. The fourth-order valence-corrected chi connectivity index (χ4v) is 3.30. The van der Waals surface area contributed by atoms with E-state index in [0.717, 1.165) is 11.1 Å². The van der Waals surface area contributed by atoms with Crippen LogP contribution in [0.4, 0.5) is 0 Å². The van der Waals surface area contributed by atoms with E-state index in [1.165, 1.54) is 0 Å². The molecule has 3 aromatic rings. The van der Waals surface area contributed by atoms with Gasteiger partial charge in [0.25, 0.3) is 5.91 Å². The largest absolute Gasteiger partial charge is 0.346 e. The van der Waals surface area contributed by atoms with Crippen LogP contribution in [0.15, 0.2) is 85.4 Å². The highest BCUT2D eigenvalue weighted by atomic mass is 35.5. The predicted octanol–water partition coefficient (Wildman–Crippen LogP) is 4.53. The van der Waals surface area contributed by atoms with Gasteiger partial charge >= 0.3 is 0 Å². The van der Waals surface area contributed by atoms with Crippen LogP contribution in [-0.2, 0) is 9.59 Å². The first-order valence-electron chi connectivity index (χ1n) is 9.52. The highest BCUT2D eigenvalue weighted by Gasteiger charge is 2.22. The Balaban J connectivity index is 1.58. The molecule has 3 rings (SSSR count). The average Bonchev–Trinajstić information content (AvgIpc) is 2.79. The van der Waals surface area contributed by atoms with Crippen molar-refractivity contribution in [1.82, 2.24) is 16.2 Å². The standard InChI is InChI=1S/C24H21Cl2N3O2/c1-16(19-12-13-20(25)21(26)14-19)28-29-22(30)15-27-24(31)23(17-8-4-2-5-9-17)18-10-6-3-7-11-18/h2-14,23,28H,1,15H2,(H,27,31)(H,29,30). The molecule has 5 nitrogen and oxygen atoms in total. The van der Waals surface area contributed by atoms with Gasteiger partial charge in [-0.1, -0.05) is 96.5 Å². The number of amides is 2. The molecule has 3 N–H and O–H groups in total. The first kappa shape index (κ1) is 22.4. The molecule has 158 valence electrons. The number of nitrogens with one attached hydrogen (secondary N) is 3. The van der Waals surface area contributed by atoms with Gasteiger partial charge in [0.15, 0.2) is 0 Å². The maximum atomic E-state index is 12.9. The van der Waals surface area contributed by atoms with Crippen LogP contribution in [0.2, 0.25) is 10.0 Å². The summed E-state index contributed by atoms with van der Waals surface area (Å²) in [7, 11) is 0. The zero-order valence-corrected chi connectivity index (χ0v) is 18.1. The molecule has 0 spiro atoms. The van der Waals surface area contributed by atoms with E-state index in [1.54, 1.807) is 18.2 Å². The van der Waals surface area contributed by atoms with Gasteiger partial charge in [-0.3, -0.25) is 20.4 Å². The van der Waals surface area contributed by atoms with Gasteiger partial charge in [-0.05, 0) is 23.3 Å². The van der Waals surface area contributed by atoms with Crippen LogP contribution >= 0.6 is 23.2 Å². The van der Waals surface area contributed by atoms with Crippen molar-refractivity contribution < 1.29 is 9.59 Å². The number of rotatable bonds is 8. The summed E-state index contributed by atoms with van der Waals surface area (Å²) < 4.78 is 0. The fourth-order valence-electron chi connectivity index (χ4n) is 3.00. The number of hydrazine groups is 1. The van der Waals surface area contributed by atoms with Gasteiger partial charge in [0, 0.05) is 5.56 Å². The van der Waals surface area contributed by atoms with Gasteiger partial charge in [0.2, 0.25) is 5.91 Å². The lowest BCUT2D eigenvalue weighted by molar-refractivity contribution is -0.126. The molecule has 2 amide bonds. The van der Waals surface area contributed by atoms with Crippen LogP contribution in [0.3, 0.4) is 0 Å². The van der Waals surface area contributed by atoms with Crippen LogP contribution in [-0.4, -0.2) is 18.4 Å². The summed E-state index contributed by atoms with van der Waals surface area (Å²) in [5.74, 6) is -1.21. The van der Waals surface area contributed by atoms with Crippen LogP contribution in [0, 0.1) is 0 Å². The minimum absolute atomic E-state index is 0.198. The monoisotopic (exact) mass is 453 g/mol. The van der Waals surface area contributed by atoms with E-state index < -0.39 is 11.8 Å². The molecule has 0 aliphatic heterocycles. The van der Waals surface area contributed by atoms with E-state index in [0.29, 0.717) is 21.3 Å². The fraction of sp³-hybridized carbons (Fsp3) is 0.0833. The molecule has 0 radical (unpaired) electrons. The van der Waals surface area contributed by atoms with Crippen molar-refractivity contribution in [2.75, 3.05) is 6.54 Å². The number of hydrogen-bond donors (Lipinski definition) is 3. The molecular formula is C24H21Cl2N3O2. The minimum atomic E-state index is -0.519. The smallest absolute Gasteiger partial charge is 0.257 e. The molecule has 0 aromatic heterocycles. The van der Waals surface area contributed by atoms with Crippen LogP contribution in [0.5, 0.6) is 0 Å². The van der Waals surface area contributed by atoms with E-state index in [4.69, 9.17) is 23.2 Å². The molecule has 0 aliphatic carbocycles. The minimum Gasteiger partial charge on any atom is -0.346 e. The Morgan fingerprint density at radius 2 is 1.39 bits per heavy atom. The van der Waals surface area contributed by atoms with Crippen molar-refractivity contribution in [1.29, 1.82) is 0 Å². The molecular weight excluding hydrogens is 433 g/mol. The van der Waals surface area contributed by atoms with Crippen molar-refractivity contribution in [2.45, 2.75) is 5.92 Å². The molecule has 3 aromatic carbocycles. The normalized spacial score (nSPS) is 10.4. The molecule has 0 heterocycles. The van der Waals surface area contributed by atoms with Gasteiger partial charge in [-0.15, -0.1) is 0 Å². The van der Waals surface area contributed by atoms with Crippen molar-refractivity contribution in [3.05, 3.63) is 112 Å². The SMILES string of the molecule is C=C(NNC(=O)CNC(=O)C(c1ccccc1)c1ccccc1)c1ccc(Cl)c(Cl)c1. The molecule has 0 bridgehead atoms. The van der Waals surface area contributed by atoms with Crippen LogP contribution < -0.4 is 16.2 Å². The van der Waals surface area contributed by atoms with Crippen molar-refractivity contribution in [3.63, 3.8) is 0 Å². The Labute approximate surface area is 191 Å². The zero-order chi connectivity index (χ0) is 22.2. The molecule has 0 fully saturated rings. The number of carbonyl (C=O) groups is 2. The molecule has 7 heteroatoms. The topological polar surface area (TPSA) is 70.2 Å². The first-order valence-corrected chi connectivity index (χ1v) is 10.3. The van der Waals surface area contributed by atoms with Crippen LogP contribution in [0.1, 0.15) is 22.6 Å². The molecule has 0 aliphatic rings. The second-order valence-corrected chi connectivity index (χ2v) is 7.57. The van der Waals surface area contributed by atoms with Gasteiger partial charge < -0.3 is 5.32 Å². The number of halogens is 2. The number of carbonyl (C=O) groups excluding carboxylic acids is 2. The van der Waals surface area contributed by atoms with Crippen molar-refractivity contribution in [3.8, 4) is 0 Å². The van der Waals surface area contributed by atoms with Gasteiger partial charge in [-0.25, -0.2) is 0 Å². The van der Waals surface area contributed by atoms with Crippen molar-refractivity contribution in [2.24, 2.45) is 0 Å². The van der Waals surface area contributed by atoms with E-state index in [1.807, 2.05) is 60.7 Å². The Morgan fingerprint density at radius 3 is 1.94 bits per heavy atom. The maximum Gasteiger partial charge on any atom is 0.257 e. The lowest BCUT2D eigenvalue weighted by Crippen LogP contribution is -2.44. The maximum absolute atomic E-state index is 12.9. The van der Waals surface area contributed by atoms with E-state index >= 15 is 0 Å². The number of hydrogen-bond acceptors (Lipinski definition) is 3. The van der Waals surface area contributed by atoms with E-state index in [2.05, 4.69) is 22.7 Å². The highest BCUT2D eigenvalue weighted by Crippen LogP contribution is 2.25. The summed E-state index contributed by atoms with van der Waals surface area (Å²) in [5.41, 5.74) is 8.02. The lowest BCUT2D eigenvalue weighted by Gasteiger charge is -2.18. The summed E-state index contributed by atoms with van der Waals surface area (Å²) in [4.78, 5) is 25.1. The molecule has 0 saturated heterocycles. The summed E-state index contributed by atoms with van der Waals surface area (Å²) in [6, 6.07) is 23.9. The van der Waals surface area contributed by atoms with Crippen LogP contribution in [0.25, 0.3) is 5.70 Å². The molecule has 0 atom stereocenters. The molecule has 0 saturated carbocycles. The zero-order valence-electron chi connectivity index (χ0n) is 16.6. The average molecular weight is 454 g/mol. The van der Waals surface area contributed by atoms with Gasteiger partial charge in [0.05, 0.1) is 28.2 Å². The third-order valence-corrected chi connectivity index (χ3v) is 5.31. The lowest BCUT2D eigenvalue weighted by atomic mass is 9.90. The molecule has 0 unspecified atom stereocenters. The van der Waals surface area contributed by atoms with Gasteiger partial charge in [-0.2, -0.15) is 0 Å². The van der Waals surface area contributed by atoms with E-state index in [9.17, 15) is 9.59 Å².